The number of esters is 1. The van der Waals surface area contributed by atoms with Crippen LogP contribution in [0.2, 0.25) is 0 Å². The minimum absolute atomic E-state index is 0.0494. The number of halogens is 1. The molecule has 0 saturated heterocycles. The monoisotopic (exact) mass is 479 g/mol. The van der Waals surface area contributed by atoms with Gasteiger partial charge in [-0.05, 0) is 76.0 Å². The van der Waals surface area contributed by atoms with Gasteiger partial charge in [0.1, 0.15) is 0 Å². The summed E-state index contributed by atoms with van der Waals surface area (Å²) in [5, 5.41) is 2.17. The Hall–Kier alpha value is -3.12. The van der Waals surface area contributed by atoms with Crippen LogP contribution in [0.5, 0.6) is 11.5 Å². The summed E-state index contributed by atoms with van der Waals surface area (Å²) in [6, 6.07) is 17.5. The number of carbonyl (C=O) groups excluding carboxylic acids is 1. The van der Waals surface area contributed by atoms with Crippen LogP contribution in [-0.2, 0) is 9.53 Å². The Morgan fingerprint density at radius 3 is 2.65 bits per heavy atom. The molecule has 3 aromatic carbocycles. The van der Waals surface area contributed by atoms with E-state index in [4.69, 9.17) is 14.2 Å². The Morgan fingerprint density at radius 2 is 1.90 bits per heavy atom. The lowest BCUT2D eigenvalue weighted by Crippen LogP contribution is -2.11. The molecule has 4 rings (SSSR count). The van der Waals surface area contributed by atoms with Crippen LogP contribution in [0.4, 0.5) is 0 Å². The molecule has 0 saturated carbocycles. The predicted octanol–water partition coefficient (Wildman–Crippen LogP) is 6.13. The topological polar surface area (TPSA) is 57.1 Å². The van der Waals surface area contributed by atoms with Gasteiger partial charge in [0.15, 0.2) is 17.2 Å². The van der Waals surface area contributed by atoms with E-state index in [9.17, 15) is 4.79 Å². The highest BCUT2D eigenvalue weighted by Crippen LogP contribution is 2.38. The van der Waals surface area contributed by atoms with E-state index in [2.05, 4.69) is 27.8 Å². The predicted molar refractivity (Wildman–Crippen MR) is 126 cm³/mol. The first-order valence-electron chi connectivity index (χ1n) is 10.0. The van der Waals surface area contributed by atoms with Crippen molar-refractivity contribution in [2.75, 3.05) is 7.11 Å². The number of rotatable bonds is 6. The van der Waals surface area contributed by atoms with Crippen molar-refractivity contribution in [3.05, 3.63) is 75.9 Å². The maximum absolute atomic E-state index is 12.4. The molecular weight excluding hydrogens is 458 g/mol. The van der Waals surface area contributed by atoms with Gasteiger partial charge in [-0.3, -0.25) is 0 Å². The quantitative estimate of drug-likeness (QED) is 0.315. The van der Waals surface area contributed by atoms with Gasteiger partial charge in [0.2, 0.25) is 5.90 Å². The normalized spacial score (nSPS) is 15.7. The summed E-state index contributed by atoms with van der Waals surface area (Å²) in [5.41, 5.74) is 1.73. The zero-order chi connectivity index (χ0) is 22.0. The smallest absolute Gasteiger partial charge is 0.363 e. The fourth-order valence-electron chi connectivity index (χ4n) is 3.23. The second-order valence-corrected chi connectivity index (χ2v) is 8.12. The van der Waals surface area contributed by atoms with Gasteiger partial charge in [-0.15, -0.1) is 0 Å². The van der Waals surface area contributed by atoms with Crippen molar-refractivity contribution in [2.24, 2.45) is 4.99 Å². The Kier molecular flexibility index (Phi) is 6.09. The summed E-state index contributed by atoms with van der Waals surface area (Å²) >= 11 is 3.55. The van der Waals surface area contributed by atoms with Gasteiger partial charge in [0.05, 0.1) is 17.7 Å². The number of cyclic esters (lactones) is 1. The summed E-state index contributed by atoms with van der Waals surface area (Å²) in [4.78, 5) is 16.9. The second-order valence-electron chi connectivity index (χ2n) is 7.27. The van der Waals surface area contributed by atoms with Crippen LogP contribution < -0.4 is 9.47 Å². The van der Waals surface area contributed by atoms with Crippen molar-refractivity contribution in [1.29, 1.82) is 0 Å². The summed E-state index contributed by atoms with van der Waals surface area (Å²) in [6.45, 7) is 4.06. The first kappa shape index (κ1) is 21.1. The molecule has 1 unspecified atom stereocenters. The van der Waals surface area contributed by atoms with Crippen LogP contribution in [0.3, 0.4) is 0 Å². The van der Waals surface area contributed by atoms with E-state index in [-0.39, 0.29) is 11.8 Å². The van der Waals surface area contributed by atoms with E-state index in [1.54, 1.807) is 13.2 Å². The average molecular weight is 480 g/mol. The third-order valence-electron chi connectivity index (χ3n) is 5.07. The van der Waals surface area contributed by atoms with Gasteiger partial charge in [-0.25, -0.2) is 9.79 Å². The Labute approximate surface area is 189 Å². The highest BCUT2D eigenvalue weighted by atomic mass is 79.9. The van der Waals surface area contributed by atoms with E-state index in [1.807, 2.05) is 61.5 Å². The SMILES string of the molecule is CCC(C)Oc1c(Br)cc(/C=C2\N=C(c3ccc4ccccc4c3)OC2=O)cc1OC. The number of methoxy groups -OCH3 is 1. The van der Waals surface area contributed by atoms with Crippen LogP contribution in [-0.4, -0.2) is 25.1 Å². The van der Waals surface area contributed by atoms with Gasteiger partial charge in [0.25, 0.3) is 0 Å². The number of fused-ring (bicyclic) bond motifs is 1. The molecule has 1 aliphatic rings. The van der Waals surface area contributed by atoms with Crippen LogP contribution in [0.25, 0.3) is 16.8 Å². The fourth-order valence-corrected chi connectivity index (χ4v) is 3.79. The fraction of sp³-hybridized carbons (Fsp3) is 0.200. The molecule has 0 bridgehead atoms. The van der Waals surface area contributed by atoms with Gasteiger partial charge in [0, 0.05) is 5.56 Å². The largest absolute Gasteiger partial charge is 0.493 e. The molecule has 31 heavy (non-hydrogen) atoms. The molecule has 6 heteroatoms. The molecular formula is C25H22BrNO4. The number of ether oxygens (including phenoxy) is 3. The van der Waals surface area contributed by atoms with Crippen LogP contribution in [0.1, 0.15) is 31.4 Å². The van der Waals surface area contributed by atoms with E-state index in [1.165, 1.54) is 0 Å². The maximum Gasteiger partial charge on any atom is 0.363 e. The van der Waals surface area contributed by atoms with Crippen molar-refractivity contribution >= 4 is 44.6 Å². The third-order valence-corrected chi connectivity index (χ3v) is 5.66. The number of benzene rings is 3. The standard InChI is InChI=1S/C25H22BrNO4/c1-4-15(2)30-23-20(26)11-16(13-22(23)29-3)12-21-25(28)31-24(27-21)19-10-9-17-7-5-6-8-18(17)14-19/h5-15H,4H2,1-3H3/b21-12-. The minimum Gasteiger partial charge on any atom is -0.493 e. The summed E-state index contributed by atoms with van der Waals surface area (Å²) in [6.07, 6.45) is 2.60. The first-order chi connectivity index (χ1) is 15.0. The number of carbonyl (C=O) groups is 1. The van der Waals surface area contributed by atoms with Crippen LogP contribution in [0, 0.1) is 0 Å². The molecule has 0 aromatic heterocycles. The average Bonchev–Trinajstić information content (AvgIpc) is 3.14. The molecule has 0 N–H and O–H groups in total. The first-order valence-corrected chi connectivity index (χ1v) is 10.8. The third kappa shape index (κ3) is 4.49. The zero-order valence-electron chi connectivity index (χ0n) is 17.5. The molecule has 5 nitrogen and oxygen atoms in total. The Balaban J connectivity index is 1.67. The molecule has 0 aliphatic carbocycles. The van der Waals surface area contributed by atoms with Gasteiger partial charge in [-0.2, -0.15) is 0 Å². The molecule has 158 valence electrons. The number of hydrogen-bond donors (Lipinski definition) is 0. The van der Waals surface area contributed by atoms with Crippen molar-refractivity contribution in [3.8, 4) is 11.5 Å². The van der Waals surface area contributed by atoms with E-state index in [0.717, 1.165) is 32.8 Å². The van der Waals surface area contributed by atoms with Crippen molar-refractivity contribution in [2.45, 2.75) is 26.4 Å². The van der Waals surface area contributed by atoms with E-state index < -0.39 is 5.97 Å². The summed E-state index contributed by atoms with van der Waals surface area (Å²) in [7, 11) is 1.59. The van der Waals surface area contributed by atoms with E-state index >= 15 is 0 Å². The van der Waals surface area contributed by atoms with Gasteiger partial charge in [-0.1, -0.05) is 37.3 Å². The molecule has 1 atom stereocenters. The Bertz CT molecular complexity index is 1220. The molecule has 0 radical (unpaired) electrons. The molecule has 0 fully saturated rings. The molecule has 0 spiro atoms. The summed E-state index contributed by atoms with van der Waals surface area (Å²) in [5.74, 6) is 1.02. The van der Waals surface area contributed by atoms with E-state index in [0.29, 0.717) is 17.4 Å². The van der Waals surface area contributed by atoms with Gasteiger partial charge < -0.3 is 14.2 Å². The zero-order valence-corrected chi connectivity index (χ0v) is 19.1. The van der Waals surface area contributed by atoms with Crippen LogP contribution in [0.15, 0.2) is 69.8 Å². The lowest BCUT2D eigenvalue weighted by atomic mass is 10.1. The molecule has 1 aliphatic heterocycles. The number of hydrogen-bond acceptors (Lipinski definition) is 5. The maximum atomic E-state index is 12.4. The lowest BCUT2D eigenvalue weighted by molar-refractivity contribution is -0.129. The van der Waals surface area contributed by atoms with Crippen LogP contribution >= 0.6 is 15.9 Å². The van der Waals surface area contributed by atoms with Crippen molar-refractivity contribution in [3.63, 3.8) is 0 Å². The minimum atomic E-state index is -0.488. The highest BCUT2D eigenvalue weighted by molar-refractivity contribution is 9.10. The van der Waals surface area contributed by atoms with Gasteiger partial charge >= 0.3 is 5.97 Å². The molecule has 3 aromatic rings. The Morgan fingerprint density at radius 1 is 1.13 bits per heavy atom. The number of aliphatic imine (C=N–C) groups is 1. The number of nitrogens with zero attached hydrogens (tertiary/aromatic N) is 1. The summed E-state index contributed by atoms with van der Waals surface area (Å²) < 4.78 is 17.6. The van der Waals surface area contributed by atoms with Crippen molar-refractivity contribution in [1.82, 2.24) is 0 Å². The second kappa shape index (κ2) is 8.94. The molecule has 1 heterocycles. The lowest BCUT2D eigenvalue weighted by Gasteiger charge is -2.17. The highest BCUT2D eigenvalue weighted by Gasteiger charge is 2.25. The molecule has 0 amide bonds. The van der Waals surface area contributed by atoms with Crippen molar-refractivity contribution < 1.29 is 19.0 Å².